The molecule has 0 aliphatic carbocycles. The molecule has 0 aromatic carbocycles. The third-order valence-electron chi connectivity index (χ3n) is 1.36. The van der Waals surface area contributed by atoms with Crippen molar-refractivity contribution in [1.29, 1.82) is 0 Å². The Morgan fingerprint density at radius 1 is 1.36 bits per heavy atom. The molecule has 0 aliphatic rings. The summed E-state index contributed by atoms with van der Waals surface area (Å²) in [6.45, 7) is 6.47. The number of rotatable bonds is 5. The highest BCUT2D eigenvalue weighted by atomic mass is 16.7. The van der Waals surface area contributed by atoms with Crippen LogP contribution in [0.1, 0.15) is 20.8 Å². The summed E-state index contributed by atoms with van der Waals surface area (Å²) in [6.07, 6.45) is 0. The second-order valence-corrected chi connectivity index (χ2v) is 2.27. The van der Waals surface area contributed by atoms with Crippen LogP contribution in [0.4, 0.5) is 0 Å². The van der Waals surface area contributed by atoms with Gasteiger partial charge in [0, 0.05) is 20.1 Å². The second kappa shape index (κ2) is 4.31. The lowest BCUT2D eigenvalue weighted by Crippen LogP contribution is -2.61. The predicted molar refractivity (Wildman–Crippen MR) is 42.8 cm³/mol. The molecule has 11 heavy (non-hydrogen) atoms. The third-order valence-corrected chi connectivity index (χ3v) is 1.36. The summed E-state index contributed by atoms with van der Waals surface area (Å²) in [5.41, 5.74) is 5.39. The van der Waals surface area contributed by atoms with Crippen molar-refractivity contribution in [1.82, 2.24) is 0 Å². The Kier molecular flexibility index (Phi) is 4.07. The fourth-order valence-electron chi connectivity index (χ4n) is 0.759. The molecular weight excluding hydrogens is 144 g/mol. The van der Waals surface area contributed by atoms with Crippen LogP contribution in [0.25, 0.3) is 0 Å². The van der Waals surface area contributed by atoms with Crippen molar-refractivity contribution >= 4 is 5.84 Å². The molecule has 0 atom stereocenters. The first kappa shape index (κ1) is 10.4. The number of ether oxygens (including phenoxy) is 2. The molecule has 0 amide bonds. The maximum atomic E-state index is 5.39. The smallest absolute Gasteiger partial charge is 0.299 e. The van der Waals surface area contributed by atoms with Crippen LogP contribution in [0.5, 0.6) is 0 Å². The van der Waals surface area contributed by atoms with Gasteiger partial charge in [0.15, 0.2) is 0 Å². The van der Waals surface area contributed by atoms with Crippen molar-refractivity contribution in [3.05, 3.63) is 0 Å². The van der Waals surface area contributed by atoms with E-state index in [1.807, 2.05) is 13.8 Å². The summed E-state index contributed by atoms with van der Waals surface area (Å²) in [4.78, 5) is 0. The van der Waals surface area contributed by atoms with Crippen molar-refractivity contribution in [3.8, 4) is 0 Å². The van der Waals surface area contributed by atoms with E-state index in [0.29, 0.717) is 13.2 Å². The molecule has 66 valence electrons. The molecule has 4 N–H and O–H groups in total. The minimum absolute atomic E-state index is 0.154. The monoisotopic (exact) mass is 161 g/mol. The zero-order chi connectivity index (χ0) is 8.91. The van der Waals surface area contributed by atoms with E-state index in [4.69, 9.17) is 20.6 Å². The van der Waals surface area contributed by atoms with Crippen LogP contribution in [0.15, 0.2) is 0 Å². The molecular formula is C7H17N2O2+. The van der Waals surface area contributed by atoms with Crippen LogP contribution in [-0.2, 0) is 9.47 Å². The van der Waals surface area contributed by atoms with Gasteiger partial charge < -0.3 is 9.47 Å². The first-order valence-corrected chi connectivity index (χ1v) is 3.73. The molecule has 0 unspecified atom stereocenters. The van der Waals surface area contributed by atoms with Crippen LogP contribution in [-0.4, -0.2) is 24.8 Å². The highest BCUT2D eigenvalue weighted by molar-refractivity contribution is 5.81. The molecule has 0 saturated carbocycles. The Balaban J connectivity index is 4.13. The van der Waals surface area contributed by atoms with Gasteiger partial charge in [0.1, 0.15) is 0 Å². The van der Waals surface area contributed by atoms with Gasteiger partial charge in [-0.15, -0.1) is 0 Å². The molecule has 0 saturated heterocycles. The normalized spacial score (nSPS) is 11.5. The first-order chi connectivity index (χ1) is 5.06. The lowest BCUT2D eigenvalue weighted by atomic mass is 10.3. The molecule has 0 bridgehead atoms. The lowest BCUT2D eigenvalue weighted by molar-refractivity contribution is -0.216. The molecule has 0 rings (SSSR count). The number of hydrogen-bond acceptors (Lipinski definition) is 2. The maximum absolute atomic E-state index is 5.39. The Hall–Kier alpha value is -0.610. The number of hydrogen-bond donors (Lipinski definition) is 2. The van der Waals surface area contributed by atoms with Crippen LogP contribution < -0.4 is 11.1 Å². The third kappa shape index (κ3) is 2.86. The van der Waals surface area contributed by atoms with E-state index in [1.54, 1.807) is 6.92 Å². The van der Waals surface area contributed by atoms with Gasteiger partial charge in [0.25, 0.3) is 11.6 Å². The molecule has 0 radical (unpaired) electrons. The van der Waals surface area contributed by atoms with Crippen LogP contribution in [0.2, 0.25) is 0 Å². The standard InChI is InChI=1S/C7H16N2O2/c1-4-10-7(3,6(8)9)11-5-2/h4-5H2,1-3H3,(H3,8,9)/p+1. The molecule has 0 aromatic rings. The average molecular weight is 161 g/mol. The second-order valence-electron chi connectivity index (χ2n) is 2.27. The minimum atomic E-state index is -0.927. The summed E-state index contributed by atoms with van der Waals surface area (Å²) >= 11 is 0. The van der Waals surface area contributed by atoms with Crippen molar-refractivity contribution in [3.63, 3.8) is 0 Å². The lowest BCUT2D eigenvalue weighted by Gasteiger charge is -2.23. The minimum Gasteiger partial charge on any atom is -0.341 e. The van der Waals surface area contributed by atoms with Crippen LogP contribution >= 0.6 is 0 Å². The van der Waals surface area contributed by atoms with Crippen LogP contribution in [0.3, 0.4) is 0 Å². The van der Waals surface area contributed by atoms with Crippen LogP contribution in [0, 0.1) is 0 Å². The Bertz CT molecular complexity index is 130. The van der Waals surface area contributed by atoms with Gasteiger partial charge in [0.2, 0.25) is 0 Å². The number of nitrogens with two attached hydrogens (primary N) is 2. The first-order valence-electron chi connectivity index (χ1n) is 3.73. The Labute approximate surface area is 67.2 Å². The zero-order valence-electron chi connectivity index (χ0n) is 7.39. The highest BCUT2D eigenvalue weighted by Gasteiger charge is 2.33. The van der Waals surface area contributed by atoms with Crippen molar-refractivity contribution in [2.24, 2.45) is 5.73 Å². The van der Waals surface area contributed by atoms with Gasteiger partial charge in [-0.05, 0) is 13.8 Å². The summed E-state index contributed by atoms with van der Waals surface area (Å²) < 4.78 is 10.4. The topological polar surface area (TPSA) is 70.1 Å². The average Bonchev–Trinajstić information content (AvgIpc) is 1.88. The zero-order valence-corrected chi connectivity index (χ0v) is 7.39. The van der Waals surface area contributed by atoms with Crippen molar-refractivity contribution in [2.75, 3.05) is 13.2 Å². The van der Waals surface area contributed by atoms with Gasteiger partial charge in [-0.3, -0.25) is 11.1 Å². The maximum Gasteiger partial charge on any atom is 0.299 e. The van der Waals surface area contributed by atoms with E-state index in [0.717, 1.165) is 0 Å². The molecule has 0 spiro atoms. The predicted octanol–water partition coefficient (Wildman–Crippen LogP) is -1.11. The summed E-state index contributed by atoms with van der Waals surface area (Å²) in [6, 6.07) is 0. The Morgan fingerprint density at radius 3 is 1.91 bits per heavy atom. The van der Waals surface area contributed by atoms with E-state index in [2.05, 4.69) is 0 Å². The molecule has 0 fully saturated rings. The van der Waals surface area contributed by atoms with E-state index in [-0.39, 0.29) is 5.84 Å². The van der Waals surface area contributed by atoms with E-state index in [9.17, 15) is 0 Å². The molecule has 4 heteroatoms. The fraction of sp³-hybridized carbons (Fsp3) is 0.857. The molecule has 0 aromatic heterocycles. The van der Waals surface area contributed by atoms with Gasteiger partial charge in [-0.1, -0.05) is 0 Å². The van der Waals surface area contributed by atoms with E-state index < -0.39 is 5.79 Å². The quantitative estimate of drug-likeness (QED) is 0.305. The number of amidine groups is 1. The Morgan fingerprint density at radius 2 is 1.73 bits per heavy atom. The largest absolute Gasteiger partial charge is 0.341 e. The summed E-state index contributed by atoms with van der Waals surface area (Å²) in [5, 5.41) is 5.39. The van der Waals surface area contributed by atoms with Crippen molar-refractivity contribution < 1.29 is 14.9 Å². The van der Waals surface area contributed by atoms with Gasteiger partial charge in [0.05, 0.1) is 0 Å². The van der Waals surface area contributed by atoms with Crippen molar-refractivity contribution in [2.45, 2.75) is 26.6 Å². The van der Waals surface area contributed by atoms with Gasteiger partial charge in [-0.2, -0.15) is 0 Å². The highest BCUT2D eigenvalue weighted by Crippen LogP contribution is 2.09. The molecule has 4 nitrogen and oxygen atoms in total. The summed E-state index contributed by atoms with van der Waals surface area (Å²) in [5.74, 6) is -0.773. The fourth-order valence-corrected chi connectivity index (χ4v) is 0.759. The van der Waals surface area contributed by atoms with Gasteiger partial charge in [-0.25, -0.2) is 0 Å². The van der Waals surface area contributed by atoms with Gasteiger partial charge >= 0.3 is 0 Å². The molecule has 0 aliphatic heterocycles. The SMILES string of the molecule is CCOC(C)(OCC)C(N)=[NH2+]. The van der Waals surface area contributed by atoms with E-state index >= 15 is 0 Å². The summed E-state index contributed by atoms with van der Waals surface area (Å²) in [7, 11) is 0. The van der Waals surface area contributed by atoms with E-state index in [1.165, 1.54) is 0 Å². The molecule has 0 heterocycles.